The van der Waals surface area contributed by atoms with E-state index in [0.717, 1.165) is 0 Å². The van der Waals surface area contributed by atoms with Crippen molar-refractivity contribution in [2.75, 3.05) is 0 Å². The van der Waals surface area contributed by atoms with E-state index in [9.17, 15) is 9.59 Å². The van der Waals surface area contributed by atoms with Crippen LogP contribution < -0.4 is 5.32 Å². The summed E-state index contributed by atoms with van der Waals surface area (Å²) in [5.74, 6) is -1.55. The Morgan fingerprint density at radius 2 is 1.65 bits per heavy atom. The SMILES string of the molecule is C=C/C=C(NC(=O)c1ccccc1)\C(=C/C=C)C(=O)O. The van der Waals surface area contributed by atoms with Crippen LogP contribution in [0.3, 0.4) is 0 Å². The second-order valence-corrected chi connectivity index (χ2v) is 3.76. The molecular formula is C16H15NO3. The lowest BCUT2D eigenvalue weighted by Crippen LogP contribution is -2.25. The number of rotatable bonds is 6. The summed E-state index contributed by atoms with van der Waals surface area (Å²) in [6.07, 6.45) is 5.47. The van der Waals surface area contributed by atoms with Crippen molar-refractivity contribution in [1.82, 2.24) is 5.32 Å². The first-order valence-corrected chi connectivity index (χ1v) is 5.85. The molecule has 0 radical (unpaired) electrons. The summed E-state index contributed by atoms with van der Waals surface area (Å²) in [7, 11) is 0. The first kappa shape index (κ1) is 15.2. The normalized spacial score (nSPS) is 11.6. The summed E-state index contributed by atoms with van der Waals surface area (Å²) >= 11 is 0. The highest BCUT2D eigenvalue weighted by Crippen LogP contribution is 2.10. The van der Waals surface area contributed by atoms with Crippen molar-refractivity contribution < 1.29 is 14.7 Å². The third kappa shape index (κ3) is 4.10. The smallest absolute Gasteiger partial charge is 0.337 e. The van der Waals surface area contributed by atoms with Crippen LogP contribution in [-0.4, -0.2) is 17.0 Å². The summed E-state index contributed by atoms with van der Waals surface area (Å²) in [5.41, 5.74) is 0.524. The van der Waals surface area contributed by atoms with Gasteiger partial charge >= 0.3 is 5.97 Å². The Morgan fingerprint density at radius 3 is 2.15 bits per heavy atom. The number of hydrogen-bond donors (Lipinski definition) is 2. The quantitative estimate of drug-likeness (QED) is 0.616. The topological polar surface area (TPSA) is 66.4 Å². The minimum Gasteiger partial charge on any atom is -0.478 e. The molecule has 0 aromatic heterocycles. The van der Waals surface area contributed by atoms with Crippen molar-refractivity contribution in [3.8, 4) is 0 Å². The van der Waals surface area contributed by atoms with Crippen LogP contribution in [0.25, 0.3) is 0 Å². The van der Waals surface area contributed by atoms with Crippen LogP contribution in [0.15, 0.2) is 79.1 Å². The van der Waals surface area contributed by atoms with Gasteiger partial charge in [-0.05, 0) is 24.3 Å². The first-order valence-electron chi connectivity index (χ1n) is 5.85. The molecule has 0 saturated heterocycles. The van der Waals surface area contributed by atoms with Gasteiger partial charge in [-0.25, -0.2) is 4.79 Å². The Labute approximate surface area is 117 Å². The van der Waals surface area contributed by atoms with Gasteiger partial charge in [0.25, 0.3) is 5.91 Å². The Bertz CT molecular complexity index is 583. The zero-order valence-corrected chi connectivity index (χ0v) is 10.9. The molecule has 1 amide bonds. The van der Waals surface area contributed by atoms with Gasteiger partial charge in [-0.15, -0.1) is 0 Å². The van der Waals surface area contributed by atoms with Crippen LogP contribution in [0.5, 0.6) is 0 Å². The molecule has 0 aliphatic heterocycles. The minimum absolute atomic E-state index is 0.0656. The molecule has 0 spiro atoms. The lowest BCUT2D eigenvalue weighted by molar-refractivity contribution is -0.132. The van der Waals surface area contributed by atoms with Crippen LogP contribution in [-0.2, 0) is 4.79 Å². The van der Waals surface area contributed by atoms with E-state index in [4.69, 9.17) is 5.11 Å². The van der Waals surface area contributed by atoms with Gasteiger partial charge in [-0.1, -0.05) is 43.5 Å². The number of aliphatic carboxylic acids is 1. The zero-order valence-electron chi connectivity index (χ0n) is 10.9. The number of carboxylic acid groups (broad SMARTS) is 1. The fraction of sp³-hybridized carbons (Fsp3) is 0. The predicted octanol–water partition coefficient (Wildman–Crippen LogP) is 2.68. The maximum atomic E-state index is 12.0. The van der Waals surface area contributed by atoms with E-state index < -0.39 is 11.9 Å². The Morgan fingerprint density at radius 1 is 1.05 bits per heavy atom. The van der Waals surface area contributed by atoms with E-state index in [0.29, 0.717) is 5.56 Å². The summed E-state index contributed by atoms with van der Waals surface area (Å²) in [4.78, 5) is 23.2. The average molecular weight is 269 g/mol. The number of benzene rings is 1. The second kappa shape index (κ2) is 7.53. The molecule has 0 saturated carbocycles. The maximum absolute atomic E-state index is 12.0. The summed E-state index contributed by atoms with van der Waals surface area (Å²) in [5, 5.41) is 11.7. The standard InChI is InChI=1S/C16H15NO3/c1-3-8-13(16(19)20)14(9-4-2)17-15(18)12-10-6-5-7-11-12/h3-11H,1-2H2,(H,17,18)(H,19,20)/b13-8+,14-9+. The monoisotopic (exact) mass is 269 g/mol. The molecule has 0 heterocycles. The van der Waals surface area contributed by atoms with Crippen molar-refractivity contribution in [1.29, 1.82) is 0 Å². The van der Waals surface area contributed by atoms with Crippen molar-refractivity contribution in [3.05, 3.63) is 84.6 Å². The van der Waals surface area contributed by atoms with Gasteiger partial charge in [-0.2, -0.15) is 0 Å². The van der Waals surface area contributed by atoms with Crippen LogP contribution >= 0.6 is 0 Å². The van der Waals surface area contributed by atoms with Gasteiger partial charge in [-0.3, -0.25) is 4.79 Å². The molecule has 1 rings (SSSR count). The number of carbonyl (C=O) groups excluding carboxylic acids is 1. The lowest BCUT2D eigenvalue weighted by atomic mass is 10.1. The molecule has 1 aromatic rings. The van der Waals surface area contributed by atoms with Crippen molar-refractivity contribution in [2.24, 2.45) is 0 Å². The zero-order chi connectivity index (χ0) is 15.0. The molecule has 4 heteroatoms. The fourth-order valence-corrected chi connectivity index (χ4v) is 1.49. The highest BCUT2D eigenvalue weighted by atomic mass is 16.4. The van der Waals surface area contributed by atoms with Gasteiger partial charge in [0.15, 0.2) is 0 Å². The number of carboxylic acids is 1. The largest absolute Gasteiger partial charge is 0.478 e. The van der Waals surface area contributed by atoms with E-state index in [-0.39, 0.29) is 11.3 Å². The molecule has 0 aliphatic carbocycles. The van der Waals surface area contributed by atoms with Crippen LogP contribution in [0.2, 0.25) is 0 Å². The Balaban J connectivity index is 3.05. The van der Waals surface area contributed by atoms with E-state index in [2.05, 4.69) is 18.5 Å². The van der Waals surface area contributed by atoms with Gasteiger partial charge < -0.3 is 10.4 Å². The third-order valence-corrected chi connectivity index (χ3v) is 2.37. The molecule has 20 heavy (non-hydrogen) atoms. The average Bonchev–Trinajstić information content (AvgIpc) is 2.45. The second-order valence-electron chi connectivity index (χ2n) is 3.76. The van der Waals surface area contributed by atoms with E-state index in [1.807, 2.05) is 0 Å². The molecule has 0 aliphatic rings. The third-order valence-electron chi connectivity index (χ3n) is 2.37. The number of carbonyl (C=O) groups is 2. The summed E-state index contributed by atoms with van der Waals surface area (Å²) in [6, 6.07) is 8.52. The fourth-order valence-electron chi connectivity index (χ4n) is 1.49. The van der Waals surface area contributed by atoms with Gasteiger partial charge in [0.05, 0.1) is 11.3 Å². The highest BCUT2D eigenvalue weighted by molar-refractivity contribution is 5.99. The molecule has 1 aromatic carbocycles. The Kier molecular flexibility index (Phi) is 5.72. The molecule has 0 atom stereocenters. The molecule has 2 N–H and O–H groups in total. The van der Waals surface area contributed by atoms with Crippen molar-refractivity contribution in [2.45, 2.75) is 0 Å². The predicted molar refractivity (Wildman–Crippen MR) is 78.1 cm³/mol. The van der Waals surface area contributed by atoms with Crippen LogP contribution in [0, 0.1) is 0 Å². The molecule has 0 bridgehead atoms. The maximum Gasteiger partial charge on any atom is 0.337 e. The Hall–Kier alpha value is -2.88. The molecule has 0 fully saturated rings. The molecule has 102 valence electrons. The highest BCUT2D eigenvalue weighted by Gasteiger charge is 2.15. The number of hydrogen-bond acceptors (Lipinski definition) is 2. The number of nitrogens with one attached hydrogen (secondary N) is 1. The van der Waals surface area contributed by atoms with Gasteiger partial charge in [0.1, 0.15) is 0 Å². The van der Waals surface area contributed by atoms with Crippen molar-refractivity contribution >= 4 is 11.9 Å². The van der Waals surface area contributed by atoms with E-state index >= 15 is 0 Å². The molecule has 4 nitrogen and oxygen atoms in total. The van der Waals surface area contributed by atoms with Gasteiger partial charge in [0.2, 0.25) is 0 Å². The number of allylic oxidation sites excluding steroid dienone is 4. The number of amides is 1. The summed E-state index contributed by atoms with van der Waals surface area (Å²) in [6.45, 7) is 6.97. The van der Waals surface area contributed by atoms with Crippen LogP contribution in [0.1, 0.15) is 10.4 Å². The van der Waals surface area contributed by atoms with E-state index in [1.165, 1.54) is 24.3 Å². The van der Waals surface area contributed by atoms with E-state index in [1.54, 1.807) is 30.3 Å². The molecule has 0 unspecified atom stereocenters. The van der Waals surface area contributed by atoms with Crippen LogP contribution in [0.4, 0.5) is 0 Å². The minimum atomic E-state index is -1.16. The van der Waals surface area contributed by atoms with Gasteiger partial charge in [0, 0.05) is 5.56 Å². The lowest BCUT2D eigenvalue weighted by Gasteiger charge is -2.10. The first-order chi connectivity index (χ1) is 9.60. The van der Waals surface area contributed by atoms with Crippen molar-refractivity contribution in [3.63, 3.8) is 0 Å². The summed E-state index contributed by atoms with van der Waals surface area (Å²) < 4.78 is 0. The molecular weight excluding hydrogens is 254 g/mol.